The summed E-state index contributed by atoms with van der Waals surface area (Å²) in [5, 5.41) is 0. The van der Waals surface area contributed by atoms with Gasteiger partial charge in [0.2, 0.25) is 5.91 Å². The molecule has 1 amide bonds. The number of amides is 1. The summed E-state index contributed by atoms with van der Waals surface area (Å²) in [7, 11) is 0. The first kappa shape index (κ1) is 12.9. The molecule has 98 valence electrons. The molecule has 0 saturated carbocycles. The van der Waals surface area contributed by atoms with Gasteiger partial charge in [0.1, 0.15) is 0 Å². The smallest absolute Gasteiger partial charge is 0.246 e. The molecule has 1 aromatic heterocycles. The fourth-order valence-corrected chi connectivity index (χ4v) is 2.30. The Labute approximate surface area is 109 Å². The van der Waals surface area contributed by atoms with Crippen molar-refractivity contribution in [2.75, 3.05) is 6.54 Å². The number of fused-ring (bicyclic) bond motifs is 1. The quantitative estimate of drug-likeness (QED) is 0.699. The van der Waals surface area contributed by atoms with Gasteiger partial charge in [-0.05, 0) is 30.5 Å². The standard InChI is InChI=1S/C15H22N2O/c1-12-13-6-5-9-16(13)10-11-17(12)14(18)7-8-15(2,3)4/h5-9,12H,10-11H2,1-4H3/b8-7+. The Morgan fingerprint density at radius 2 is 2.11 bits per heavy atom. The Hall–Kier alpha value is -1.51. The normalized spacial score (nSPS) is 20.2. The van der Waals surface area contributed by atoms with Crippen LogP contribution in [0.5, 0.6) is 0 Å². The molecular formula is C15H22N2O. The van der Waals surface area contributed by atoms with Gasteiger partial charge in [-0.25, -0.2) is 0 Å². The van der Waals surface area contributed by atoms with Crippen LogP contribution >= 0.6 is 0 Å². The van der Waals surface area contributed by atoms with Crippen molar-refractivity contribution in [1.82, 2.24) is 9.47 Å². The van der Waals surface area contributed by atoms with E-state index in [0.29, 0.717) is 0 Å². The molecule has 0 spiro atoms. The third-order valence-electron chi connectivity index (χ3n) is 3.35. The summed E-state index contributed by atoms with van der Waals surface area (Å²) >= 11 is 0. The van der Waals surface area contributed by atoms with E-state index in [1.807, 2.05) is 17.0 Å². The van der Waals surface area contributed by atoms with Crippen LogP contribution in [-0.2, 0) is 11.3 Å². The fourth-order valence-electron chi connectivity index (χ4n) is 2.30. The zero-order valence-corrected chi connectivity index (χ0v) is 11.7. The molecule has 2 rings (SSSR count). The van der Waals surface area contributed by atoms with Crippen LogP contribution in [-0.4, -0.2) is 21.9 Å². The number of allylic oxidation sites excluding steroid dienone is 1. The summed E-state index contributed by atoms with van der Waals surface area (Å²) in [4.78, 5) is 14.2. The minimum Gasteiger partial charge on any atom is -0.348 e. The molecule has 0 radical (unpaired) electrons. The summed E-state index contributed by atoms with van der Waals surface area (Å²) in [5.41, 5.74) is 1.27. The molecule has 1 aliphatic rings. The van der Waals surface area contributed by atoms with E-state index < -0.39 is 0 Å². The van der Waals surface area contributed by atoms with E-state index in [9.17, 15) is 4.79 Å². The highest BCUT2D eigenvalue weighted by Crippen LogP contribution is 2.25. The van der Waals surface area contributed by atoms with Gasteiger partial charge < -0.3 is 9.47 Å². The van der Waals surface area contributed by atoms with Crippen LogP contribution in [0.25, 0.3) is 0 Å². The molecule has 0 bridgehead atoms. The molecule has 3 nitrogen and oxygen atoms in total. The van der Waals surface area contributed by atoms with Crippen LogP contribution in [0.15, 0.2) is 30.5 Å². The molecule has 0 fully saturated rings. The molecule has 3 heteroatoms. The predicted octanol–water partition coefficient (Wildman–Crippen LogP) is 2.99. The summed E-state index contributed by atoms with van der Waals surface area (Å²) in [6.07, 6.45) is 5.78. The second kappa shape index (κ2) is 4.63. The van der Waals surface area contributed by atoms with Crippen LogP contribution in [0.4, 0.5) is 0 Å². The molecule has 1 unspecified atom stereocenters. The van der Waals surface area contributed by atoms with Crippen LogP contribution in [0.1, 0.15) is 39.4 Å². The molecule has 0 aromatic carbocycles. The van der Waals surface area contributed by atoms with Crippen molar-refractivity contribution in [3.63, 3.8) is 0 Å². The summed E-state index contributed by atoms with van der Waals surface area (Å²) in [6, 6.07) is 4.30. The molecule has 18 heavy (non-hydrogen) atoms. The van der Waals surface area contributed by atoms with Gasteiger partial charge >= 0.3 is 0 Å². The lowest BCUT2D eigenvalue weighted by Gasteiger charge is -2.34. The predicted molar refractivity (Wildman–Crippen MR) is 73.2 cm³/mol. The lowest BCUT2D eigenvalue weighted by atomic mass is 9.96. The Morgan fingerprint density at radius 1 is 1.39 bits per heavy atom. The van der Waals surface area contributed by atoms with Crippen molar-refractivity contribution in [3.05, 3.63) is 36.2 Å². The average Bonchev–Trinajstić information content (AvgIpc) is 2.74. The van der Waals surface area contributed by atoms with Crippen molar-refractivity contribution in [3.8, 4) is 0 Å². The van der Waals surface area contributed by atoms with Crippen LogP contribution in [0, 0.1) is 5.41 Å². The summed E-state index contributed by atoms with van der Waals surface area (Å²) < 4.78 is 2.22. The first-order valence-corrected chi connectivity index (χ1v) is 6.53. The van der Waals surface area contributed by atoms with Gasteiger partial charge in [-0.3, -0.25) is 4.79 Å². The third-order valence-corrected chi connectivity index (χ3v) is 3.35. The van der Waals surface area contributed by atoms with E-state index in [2.05, 4.69) is 44.5 Å². The Bertz CT molecular complexity index is 465. The lowest BCUT2D eigenvalue weighted by molar-refractivity contribution is -0.129. The number of carbonyl (C=O) groups excluding carboxylic acids is 1. The first-order valence-electron chi connectivity index (χ1n) is 6.53. The number of rotatable bonds is 1. The topological polar surface area (TPSA) is 25.2 Å². The highest BCUT2D eigenvalue weighted by molar-refractivity contribution is 5.88. The zero-order chi connectivity index (χ0) is 13.3. The fraction of sp³-hybridized carbons (Fsp3) is 0.533. The van der Waals surface area contributed by atoms with Gasteiger partial charge in [-0.1, -0.05) is 26.8 Å². The number of nitrogens with zero attached hydrogens (tertiary/aromatic N) is 2. The minimum absolute atomic E-state index is 0.0505. The van der Waals surface area contributed by atoms with E-state index in [1.54, 1.807) is 6.08 Å². The van der Waals surface area contributed by atoms with Crippen LogP contribution < -0.4 is 0 Å². The second-order valence-electron chi connectivity index (χ2n) is 6.03. The molecule has 1 aliphatic heterocycles. The molecule has 2 heterocycles. The van der Waals surface area contributed by atoms with Crippen molar-refractivity contribution in [2.24, 2.45) is 5.41 Å². The average molecular weight is 246 g/mol. The van der Waals surface area contributed by atoms with Crippen molar-refractivity contribution < 1.29 is 4.79 Å². The van der Waals surface area contributed by atoms with Gasteiger partial charge in [-0.15, -0.1) is 0 Å². The van der Waals surface area contributed by atoms with Gasteiger partial charge in [-0.2, -0.15) is 0 Å². The van der Waals surface area contributed by atoms with Crippen LogP contribution in [0.3, 0.4) is 0 Å². The molecular weight excluding hydrogens is 224 g/mol. The maximum absolute atomic E-state index is 12.2. The van der Waals surface area contributed by atoms with E-state index in [-0.39, 0.29) is 17.4 Å². The zero-order valence-electron chi connectivity index (χ0n) is 11.7. The minimum atomic E-state index is 0.0505. The van der Waals surface area contributed by atoms with E-state index in [0.717, 1.165) is 13.1 Å². The van der Waals surface area contributed by atoms with Gasteiger partial charge in [0.25, 0.3) is 0 Å². The highest BCUT2D eigenvalue weighted by atomic mass is 16.2. The van der Waals surface area contributed by atoms with Crippen molar-refractivity contribution in [1.29, 1.82) is 0 Å². The Morgan fingerprint density at radius 3 is 2.78 bits per heavy atom. The highest BCUT2D eigenvalue weighted by Gasteiger charge is 2.26. The van der Waals surface area contributed by atoms with Gasteiger partial charge in [0, 0.05) is 25.0 Å². The maximum atomic E-state index is 12.2. The third kappa shape index (κ3) is 2.66. The second-order valence-corrected chi connectivity index (χ2v) is 6.03. The van der Waals surface area contributed by atoms with Crippen molar-refractivity contribution in [2.45, 2.75) is 40.3 Å². The molecule has 1 atom stereocenters. The SMILES string of the molecule is CC1c2cccn2CCN1C(=O)/C=C/C(C)(C)C. The van der Waals surface area contributed by atoms with E-state index in [1.165, 1.54) is 5.69 Å². The molecule has 1 aromatic rings. The largest absolute Gasteiger partial charge is 0.348 e. The number of carbonyl (C=O) groups is 1. The van der Waals surface area contributed by atoms with Gasteiger partial charge in [0.15, 0.2) is 0 Å². The molecule has 0 aliphatic carbocycles. The van der Waals surface area contributed by atoms with E-state index >= 15 is 0 Å². The number of aromatic nitrogens is 1. The summed E-state index contributed by atoms with van der Waals surface area (Å²) in [5.74, 6) is 0.116. The Kier molecular flexibility index (Phi) is 3.33. The van der Waals surface area contributed by atoms with Crippen molar-refractivity contribution >= 4 is 5.91 Å². The van der Waals surface area contributed by atoms with Gasteiger partial charge in [0.05, 0.1) is 6.04 Å². The lowest BCUT2D eigenvalue weighted by Crippen LogP contribution is -2.39. The monoisotopic (exact) mass is 246 g/mol. The van der Waals surface area contributed by atoms with E-state index in [4.69, 9.17) is 0 Å². The first-order chi connectivity index (χ1) is 8.38. The maximum Gasteiger partial charge on any atom is 0.246 e. The summed E-state index contributed by atoms with van der Waals surface area (Å²) in [6.45, 7) is 10.1. The number of hydrogen-bond acceptors (Lipinski definition) is 1. The number of hydrogen-bond donors (Lipinski definition) is 0. The molecule has 0 saturated heterocycles. The van der Waals surface area contributed by atoms with Crippen LogP contribution in [0.2, 0.25) is 0 Å². The Balaban J connectivity index is 2.12. The molecule has 0 N–H and O–H groups in total.